The number of ether oxygens (including phenoxy) is 5. The molecule has 15 heteroatoms. The molecular weight excluding hydrogens is 840 g/mol. The number of nitrogens with zero attached hydrogens (tertiary/aromatic N) is 6. The van der Waals surface area contributed by atoms with E-state index in [0.29, 0.717) is 73.1 Å². The van der Waals surface area contributed by atoms with Crippen molar-refractivity contribution in [2.75, 3.05) is 60.6 Å². The average molecular weight is 891 g/mol. The molecular formula is C48H51ClN6O7S. The number of fused-ring (bicyclic) bond motifs is 1. The standard InChI is InChI=1S/C48H51ClN6O7S/c1-7-11-37(31(3)58-5)46-50-19-18-34(52-46)29-61-38-15-9-8-12-32(38)27-40(48(56)57)62-47-43-41(63-53-47)28-51-45(33-13-10-14-35(26-33)59-6)42(43)36-16-17-39(44(49)30(36)2)60-25-24-55-22-20-54(4)21-23-55/h7-19,26,28,40H,20-25,27,29H2,1-6H3,(H,56,57)/b11-7-,37-31-/t40-/m1/s1. The number of pyridine rings is 1. The van der Waals surface area contributed by atoms with E-state index in [-0.39, 0.29) is 18.9 Å². The molecule has 1 aliphatic rings. The van der Waals surface area contributed by atoms with Crippen LogP contribution in [0.2, 0.25) is 5.02 Å². The van der Waals surface area contributed by atoms with Gasteiger partial charge in [0.15, 0.2) is 5.82 Å². The normalized spacial score (nSPS) is 14.4. The molecule has 6 aromatic rings. The average Bonchev–Trinajstić information content (AvgIpc) is 3.72. The van der Waals surface area contributed by atoms with Gasteiger partial charge < -0.3 is 33.7 Å². The van der Waals surface area contributed by atoms with Gasteiger partial charge in [-0.15, -0.1) is 0 Å². The molecule has 0 radical (unpaired) electrons. The van der Waals surface area contributed by atoms with Gasteiger partial charge in [-0.2, -0.15) is 4.37 Å². The van der Waals surface area contributed by atoms with Crippen molar-refractivity contribution >= 4 is 44.8 Å². The summed E-state index contributed by atoms with van der Waals surface area (Å²) in [6, 6.07) is 20.5. The van der Waals surface area contributed by atoms with Crippen molar-refractivity contribution in [3.05, 3.63) is 125 Å². The van der Waals surface area contributed by atoms with Crippen molar-refractivity contribution in [1.29, 1.82) is 0 Å². The molecule has 0 spiro atoms. The maximum absolute atomic E-state index is 13.1. The number of allylic oxidation sites excluding steroid dienone is 4. The van der Waals surface area contributed by atoms with Crippen LogP contribution in [0.15, 0.2) is 97.0 Å². The fourth-order valence-electron chi connectivity index (χ4n) is 7.35. The Labute approximate surface area is 376 Å². The highest BCUT2D eigenvalue weighted by atomic mass is 35.5. The van der Waals surface area contributed by atoms with E-state index in [4.69, 9.17) is 45.3 Å². The highest BCUT2D eigenvalue weighted by Crippen LogP contribution is 2.46. The summed E-state index contributed by atoms with van der Waals surface area (Å²) >= 11 is 8.29. The second kappa shape index (κ2) is 20.9. The van der Waals surface area contributed by atoms with Crippen LogP contribution in [-0.4, -0.2) is 107 Å². The molecule has 1 saturated heterocycles. The lowest BCUT2D eigenvalue weighted by Crippen LogP contribution is -2.45. The number of likely N-dealkylation sites (N-methyl/N-ethyl adjacent to an activating group) is 1. The Morgan fingerprint density at radius 3 is 2.57 bits per heavy atom. The summed E-state index contributed by atoms with van der Waals surface area (Å²) in [5.41, 5.74) is 5.66. The molecule has 13 nitrogen and oxygen atoms in total. The van der Waals surface area contributed by atoms with E-state index in [9.17, 15) is 9.90 Å². The van der Waals surface area contributed by atoms with Gasteiger partial charge in [-0.1, -0.05) is 60.2 Å². The largest absolute Gasteiger partial charge is 0.501 e. The van der Waals surface area contributed by atoms with Gasteiger partial charge in [0.2, 0.25) is 12.0 Å². The predicted octanol–water partition coefficient (Wildman–Crippen LogP) is 9.02. The number of rotatable bonds is 18. The number of aliphatic carboxylic acids is 1. The molecule has 3 aromatic carbocycles. The Balaban J connectivity index is 1.20. The molecule has 7 rings (SSSR count). The summed E-state index contributed by atoms with van der Waals surface area (Å²) in [6.45, 7) is 11.2. The zero-order valence-electron chi connectivity index (χ0n) is 36.3. The van der Waals surface area contributed by atoms with Crippen molar-refractivity contribution in [2.45, 2.75) is 39.9 Å². The second-order valence-electron chi connectivity index (χ2n) is 15.1. The molecule has 4 heterocycles. The minimum atomic E-state index is -1.33. The Morgan fingerprint density at radius 1 is 1.00 bits per heavy atom. The number of para-hydroxylation sites is 1. The van der Waals surface area contributed by atoms with Gasteiger partial charge >= 0.3 is 5.97 Å². The molecule has 1 aliphatic heterocycles. The van der Waals surface area contributed by atoms with Crippen LogP contribution < -0.4 is 18.9 Å². The molecule has 63 heavy (non-hydrogen) atoms. The van der Waals surface area contributed by atoms with Crippen LogP contribution in [0.25, 0.3) is 38.0 Å². The summed E-state index contributed by atoms with van der Waals surface area (Å²) in [5.74, 6) is 1.91. The van der Waals surface area contributed by atoms with Crippen LogP contribution in [0.1, 0.15) is 36.5 Å². The fraction of sp³-hybridized carbons (Fsp3) is 0.312. The molecule has 328 valence electrons. The highest BCUT2D eigenvalue weighted by Gasteiger charge is 2.28. The first-order chi connectivity index (χ1) is 30.6. The van der Waals surface area contributed by atoms with Gasteiger partial charge in [0.1, 0.15) is 36.2 Å². The fourth-order valence-corrected chi connectivity index (χ4v) is 8.27. The van der Waals surface area contributed by atoms with Crippen LogP contribution >= 0.6 is 23.1 Å². The van der Waals surface area contributed by atoms with Crippen molar-refractivity contribution in [3.63, 3.8) is 0 Å². The molecule has 0 amide bonds. The number of aromatic nitrogens is 4. The first-order valence-electron chi connectivity index (χ1n) is 20.6. The Bertz CT molecular complexity index is 2630. The smallest absolute Gasteiger partial charge is 0.345 e. The lowest BCUT2D eigenvalue weighted by Gasteiger charge is -2.32. The van der Waals surface area contributed by atoms with E-state index >= 15 is 0 Å². The van der Waals surface area contributed by atoms with Crippen LogP contribution in [0.3, 0.4) is 0 Å². The number of hydrogen-bond donors (Lipinski definition) is 1. The number of methoxy groups -OCH3 is 2. The Morgan fingerprint density at radius 2 is 1.81 bits per heavy atom. The SMILES string of the molecule is C/C=C\C(=C(/C)OC)c1nccc(COc2ccccc2C[C@@H](Oc2nsc3cnc(-c4cccc(OC)c4)c(-c4ccc(OCCN5CCN(C)CC5)c(Cl)c4C)c23)C(=O)O)n1. The van der Waals surface area contributed by atoms with Crippen molar-refractivity contribution < 1.29 is 33.6 Å². The number of halogens is 1. The number of piperazine rings is 1. The highest BCUT2D eigenvalue weighted by molar-refractivity contribution is 7.13. The van der Waals surface area contributed by atoms with Crippen LogP contribution in [0.5, 0.6) is 23.1 Å². The van der Waals surface area contributed by atoms with Gasteiger partial charge in [-0.05, 0) is 86.4 Å². The topological polar surface area (TPSA) is 141 Å². The zero-order chi connectivity index (χ0) is 44.5. The third-order valence-electron chi connectivity index (χ3n) is 11.0. The first kappa shape index (κ1) is 45.0. The maximum Gasteiger partial charge on any atom is 0.345 e. The van der Waals surface area contributed by atoms with E-state index < -0.39 is 12.1 Å². The molecule has 1 fully saturated rings. The van der Waals surface area contributed by atoms with Crippen molar-refractivity contribution in [1.82, 2.24) is 29.1 Å². The quantitative estimate of drug-likeness (QED) is 0.0649. The Hall–Kier alpha value is -6.06. The van der Waals surface area contributed by atoms with Gasteiger partial charge in [0.05, 0.1) is 46.3 Å². The van der Waals surface area contributed by atoms with E-state index in [1.807, 2.05) is 87.5 Å². The van der Waals surface area contributed by atoms with Crippen LogP contribution in [0, 0.1) is 6.92 Å². The molecule has 0 aliphatic carbocycles. The second-order valence-corrected chi connectivity index (χ2v) is 16.3. The molecule has 0 saturated carbocycles. The molecule has 1 N–H and O–H groups in total. The minimum Gasteiger partial charge on any atom is -0.501 e. The number of carboxylic acid groups (broad SMARTS) is 1. The lowest BCUT2D eigenvalue weighted by molar-refractivity contribution is -0.145. The van der Waals surface area contributed by atoms with E-state index in [1.54, 1.807) is 38.7 Å². The van der Waals surface area contributed by atoms with Crippen LogP contribution in [-0.2, 0) is 22.6 Å². The van der Waals surface area contributed by atoms with Gasteiger partial charge in [-0.3, -0.25) is 9.88 Å². The summed E-state index contributed by atoms with van der Waals surface area (Å²) in [7, 11) is 5.36. The molecule has 0 unspecified atom stereocenters. The maximum atomic E-state index is 13.1. The number of benzene rings is 3. The first-order valence-corrected chi connectivity index (χ1v) is 21.8. The zero-order valence-corrected chi connectivity index (χ0v) is 37.8. The number of hydrogen-bond acceptors (Lipinski definition) is 13. The predicted molar refractivity (Wildman–Crippen MR) is 247 cm³/mol. The van der Waals surface area contributed by atoms with Gasteiger partial charge in [0.25, 0.3) is 0 Å². The molecule has 1 atom stereocenters. The van der Waals surface area contributed by atoms with Crippen LogP contribution in [0.4, 0.5) is 0 Å². The van der Waals surface area contributed by atoms with Gasteiger partial charge in [0, 0.05) is 62.7 Å². The van der Waals surface area contributed by atoms with Gasteiger partial charge in [-0.25, -0.2) is 14.8 Å². The number of carboxylic acids is 1. The summed E-state index contributed by atoms with van der Waals surface area (Å²) in [6.07, 6.45) is 5.84. The molecule has 0 bridgehead atoms. The third kappa shape index (κ3) is 10.6. The van der Waals surface area contributed by atoms with E-state index in [1.165, 1.54) is 11.5 Å². The van der Waals surface area contributed by atoms with E-state index in [0.717, 1.165) is 55.0 Å². The summed E-state index contributed by atoms with van der Waals surface area (Å²) in [4.78, 5) is 31.9. The minimum absolute atomic E-state index is 0.0189. The van der Waals surface area contributed by atoms with E-state index in [2.05, 4.69) is 26.2 Å². The molecule has 3 aromatic heterocycles. The lowest BCUT2D eigenvalue weighted by atomic mass is 9.93. The summed E-state index contributed by atoms with van der Waals surface area (Å²) < 4.78 is 35.4. The summed E-state index contributed by atoms with van der Waals surface area (Å²) in [5, 5.41) is 11.7. The number of carbonyl (C=O) groups is 1. The third-order valence-corrected chi connectivity index (χ3v) is 12.2. The van der Waals surface area contributed by atoms with Crippen molar-refractivity contribution in [3.8, 4) is 45.5 Å². The van der Waals surface area contributed by atoms with Crippen molar-refractivity contribution in [2.24, 2.45) is 0 Å². The Kier molecular flexibility index (Phi) is 14.9. The monoisotopic (exact) mass is 890 g/mol.